The van der Waals surface area contributed by atoms with Gasteiger partial charge in [-0.2, -0.15) is 0 Å². The number of nitrogens with zero attached hydrogens (tertiary/aromatic N) is 3. The largest absolute Gasteiger partial charge is 0.378 e. The number of benzene rings is 1. The molecule has 0 N–H and O–H groups in total. The molecule has 1 aromatic heterocycles. The molecule has 0 unspecified atom stereocenters. The molecular formula is C15H17N3O3S. The second kappa shape index (κ2) is 6.02. The van der Waals surface area contributed by atoms with Crippen molar-refractivity contribution in [2.45, 2.75) is 4.90 Å². The maximum atomic E-state index is 11.6. The van der Waals surface area contributed by atoms with E-state index >= 15 is 0 Å². The third-order valence-corrected chi connectivity index (χ3v) is 4.64. The second-order valence-corrected chi connectivity index (χ2v) is 7.19. The predicted octanol–water partition coefficient (Wildman–Crippen LogP) is 1.38. The van der Waals surface area contributed by atoms with E-state index in [2.05, 4.69) is 14.9 Å². The Morgan fingerprint density at radius 2 is 1.77 bits per heavy atom. The zero-order chi connectivity index (χ0) is 15.6. The van der Waals surface area contributed by atoms with Gasteiger partial charge in [0.1, 0.15) is 0 Å². The third kappa shape index (κ3) is 3.26. The number of hydrogen-bond donors (Lipinski definition) is 0. The van der Waals surface area contributed by atoms with Gasteiger partial charge in [0.25, 0.3) is 0 Å². The Kier molecular flexibility index (Phi) is 4.08. The van der Waals surface area contributed by atoms with Gasteiger partial charge < -0.3 is 9.64 Å². The molecule has 1 fully saturated rings. The van der Waals surface area contributed by atoms with Crippen LogP contribution in [0.5, 0.6) is 0 Å². The fourth-order valence-electron chi connectivity index (χ4n) is 2.30. The van der Waals surface area contributed by atoms with Crippen LogP contribution >= 0.6 is 0 Å². The molecule has 1 aliphatic rings. The van der Waals surface area contributed by atoms with E-state index in [-0.39, 0.29) is 0 Å². The van der Waals surface area contributed by atoms with Crippen LogP contribution in [0.1, 0.15) is 0 Å². The molecule has 2 aromatic rings. The number of morpholine rings is 1. The van der Waals surface area contributed by atoms with Gasteiger partial charge in [-0.3, -0.25) is 0 Å². The number of rotatable bonds is 3. The third-order valence-electron chi connectivity index (χ3n) is 3.53. The average Bonchev–Trinajstić information content (AvgIpc) is 2.55. The number of hydrogen-bond acceptors (Lipinski definition) is 6. The second-order valence-electron chi connectivity index (χ2n) is 5.17. The standard InChI is InChI=1S/C15H17N3O3S/c1-22(19,20)14-4-2-3-12(9-14)13-10-16-15(17-11-13)18-5-7-21-8-6-18/h2-4,9-11H,5-8H2,1H3. The summed E-state index contributed by atoms with van der Waals surface area (Å²) in [6.07, 6.45) is 4.64. The fraction of sp³-hybridized carbons (Fsp3) is 0.333. The summed E-state index contributed by atoms with van der Waals surface area (Å²) >= 11 is 0. The summed E-state index contributed by atoms with van der Waals surface area (Å²) in [5, 5.41) is 0. The quantitative estimate of drug-likeness (QED) is 0.851. The maximum absolute atomic E-state index is 11.6. The van der Waals surface area contributed by atoms with E-state index in [0.29, 0.717) is 24.1 Å². The van der Waals surface area contributed by atoms with Crippen LogP contribution in [-0.2, 0) is 14.6 Å². The summed E-state index contributed by atoms with van der Waals surface area (Å²) < 4.78 is 28.6. The minimum Gasteiger partial charge on any atom is -0.378 e. The van der Waals surface area contributed by atoms with Gasteiger partial charge in [0, 0.05) is 37.3 Å². The van der Waals surface area contributed by atoms with E-state index < -0.39 is 9.84 Å². The molecule has 2 heterocycles. The first-order valence-corrected chi connectivity index (χ1v) is 8.88. The normalized spacial score (nSPS) is 15.8. The zero-order valence-corrected chi connectivity index (χ0v) is 13.1. The maximum Gasteiger partial charge on any atom is 0.225 e. The lowest BCUT2D eigenvalue weighted by molar-refractivity contribution is 0.122. The Morgan fingerprint density at radius 3 is 2.41 bits per heavy atom. The number of sulfone groups is 1. The van der Waals surface area contributed by atoms with Crippen LogP contribution < -0.4 is 4.90 Å². The molecule has 7 heteroatoms. The smallest absolute Gasteiger partial charge is 0.225 e. The van der Waals surface area contributed by atoms with Crippen LogP contribution in [0.2, 0.25) is 0 Å². The van der Waals surface area contributed by atoms with Gasteiger partial charge in [0.05, 0.1) is 18.1 Å². The van der Waals surface area contributed by atoms with Crippen molar-refractivity contribution in [2.24, 2.45) is 0 Å². The zero-order valence-electron chi connectivity index (χ0n) is 12.3. The molecule has 1 aliphatic heterocycles. The molecule has 0 saturated carbocycles. The van der Waals surface area contributed by atoms with E-state index in [9.17, 15) is 8.42 Å². The van der Waals surface area contributed by atoms with Gasteiger partial charge in [-0.15, -0.1) is 0 Å². The van der Waals surface area contributed by atoms with Crippen LogP contribution in [0.3, 0.4) is 0 Å². The van der Waals surface area contributed by atoms with Gasteiger partial charge in [-0.25, -0.2) is 18.4 Å². The Balaban J connectivity index is 1.86. The Labute approximate surface area is 129 Å². The number of aromatic nitrogens is 2. The fourth-order valence-corrected chi connectivity index (χ4v) is 2.97. The van der Waals surface area contributed by atoms with Crippen molar-refractivity contribution < 1.29 is 13.2 Å². The van der Waals surface area contributed by atoms with E-state index in [0.717, 1.165) is 24.2 Å². The lowest BCUT2D eigenvalue weighted by Crippen LogP contribution is -2.37. The van der Waals surface area contributed by atoms with Crippen molar-refractivity contribution in [3.8, 4) is 11.1 Å². The Morgan fingerprint density at radius 1 is 1.09 bits per heavy atom. The number of anilines is 1. The van der Waals surface area contributed by atoms with Crippen LogP contribution in [0.15, 0.2) is 41.6 Å². The summed E-state index contributed by atoms with van der Waals surface area (Å²) in [6, 6.07) is 6.80. The van der Waals surface area contributed by atoms with Gasteiger partial charge >= 0.3 is 0 Å². The summed E-state index contributed by atoms with van der Waals surface area (Å²) in [5.74, 6) is 0.673. The molecule has 1 aromatic carbocycles. The molecule has 22 heavy (non-hydrogen) atoms. The van der Waals surface area contributed by atoms with Crippen LogP contribution in [-0.4, -0.2) is 50.9 Å². The highest BCUT2D eigenvalue weighted by atomic mass is 32.2. The first-order valence-electron chi connectivity index (χ1n) is 6.99. The van der Waals surface area contributed by atoms with Gasteiger partial charge in [0.15, 0.2) is 9.84 Å². The topological polar surface area (TPSA) is 72.4 Å². The van der Waals surface area contributed by atoms with Crippen molar-refractivity contribution in [2.75, 3.05) is 37.5 Å². The van der Waals surface area contributed by atoms with Crippen molar-refractivity contribution in [1.82, 2.24) is 9.97 Å². The highest BCUT2D eigenvalue weighted by Crippen LogP contribution is 2.22. The van der Waals surface area contributed by atoms with Crippen LogP contribution in [0, 0.1) is 0 Å². The van der Waals surface area contributed by atoms with Crippen LogP contribution in [0.25, 0.3) is 11.1 Å². The molecule has 3 rings (SSSR count). The van der Waals surface area contributed by atoms with Crippen molar-refractivity contribution in [3.05, 3.63) is 36.7 Å². The summed E-state index contributed by atoms with van der Waals surface area (Å²) in [7, 11) is -3.22. The molecular weight excluding hydrogens is 302 g/mol. The van der Waals surface area contributed by atoms with Gasteiger partial charge in [-0.1, -0.05) is 12.1 Å². The van der Waals surface area contributed by atoms with Crippen molar-refractivity contribution in [1.29, 1.82) is 0 Å². The summed E-state index contributed by atoms with van der Waals surface area (Å²) in [6.45, 7) is 2.93. The van der Waals surface area contributed by atoms with Crippen molar-refractivity contribution in [3.63, 3.8) is 0 Å². The molecule has 0 spiro atoms. The van der Waals surface area contributed by atoms with E-state index in [4.69, 9.17) is 4.74 Å². The highest BCUT2D eigenvalue weighted by molar-refractivity contribution is 7.90. The lowest BCUT2D eigenvalue weighted by Gasteiger charge is -2.26. The minimum absolute atomic E-state index is 0.294. The van der Waals surface area contributed by atoms with Crippen molar-refractivity contribution >= 4 is 15.8 Å². The Hall–Kier alpha value is -1.99. The molecule has 0 bridgehead atoms. The molecule has 0 radical (unpaired) electrons. The average molecular weight is 319 g/mol. The molecule has 0 atom stereocenters. The molecule has 0 aliphatic carbocycles. The highest BCUT2D eigenvalue weighted by Gasteiger charge is 2.14. The molecule has 0 amide bonds. The number of ether oxygens (including phenoxy) is 1. The van der Waals surface area contributed by atoms with E-state index in [1.54, 1.807) is 30.6 Å². The predicted molar refractivity (Wildman–Crippen MR) is 83.6 cm³/mol. The molecule has 1 saturated heterocycles. The van der Waals surface area contributed by atoms with Gasteiger partial charge in [-0.05, 0) is 17.7 Å². The minimum atomic E-state index is -3.22. The Bertz CT molecular complexity index is 754. The van der Waals surface area contributed by atoms with E-state index in [1.807, 2.05) is 6.07 Å². The lowest BCUT2D eigenvalue weighted by atomic mass is 10.1. The van der Waals surface area contributed by atoms with E-state index in [1.165, 1.54) is 6.26 Å². The first kappa shape index (κ1) is 14.9. The monoisotopic (exact) mass is 319 g/mol. The van der Waals surface area contributed by atoms with Gasteiger partial charge in [0.2, 0.25) is 5.95 Å². The summed E-state index contributed by atoms with van der Waals surface area (Å²) in [4.78, 5) is 11.1. The summed E-state index contributed by atoms with van der Waals surface area (Å²) in [5.41, 5.74) is 1.58. The first-order chi connectivity index (χ1) is 10.5. The molecule has 116 valence electrons. The molecule has 6 nitrogen and oxygen atoms in total. The van der Waals surface area contributed by atoms with Crippen LogP contribution in [0.4, 0.5) is 5.95 Å². The SMILES string of the molecule is CS(=O)(=O)c1cccc(-c2cnc(N3CCOCC3)nc2)c1.